The van der Waals surface area contributed by atoms with Gasteiger partial charge in [0.2, 0.25) is 0 Å². The molecule has 1 aromatic rings. The maximum Gasteiger partial charge on any atom is 0.431 e. The Morgan fingerprint density at radius 1 is 1.12 bits per heavy atom. The molecule has 0 heterocycles. The van der Waals surface area contributed by atoms with Crippen LogP contribution in [-0.4, -0.2) is 12.1 Å². The number of rotatable bonds is 3. The van der Waals surface area contributed by atoms with Gasteiger partial charge in [-0.2, -0.15) is 0 Å². The Morgan fingerprint density at radius 2 is 1.75 bits per heavy atom. The Labute approximate surface area is 97.4 Å². The Morgan fingerprint density at radius 3 is 2.38 bits per heavy atom. The van der Waals surface area contributed by atoms with Crippen LogP contribution in [-0.2, 0) is 0 Å². The number of nitrogens with two attached hydrogens (primary N) is 1. The predicted octanol–water partition coefficient (Wildman–Crippen LogP) is 2.18. The first-order valence-electron chi connectivity index (χ1n) is 6.06. The molecule has 0 aliphatic heterocycles. The van der Waals surface area contributed by atoms with E-state index in [1.54, 1.807) is 0 Å². The Hall–Kier alpha value is -0.995. The van der Waals surface area contributed by atoms with Gasteiger partial charge in [0.25, 0.3) is 0 Å². The highest BCUT2D eigenvalue weighted by Crippen LogP contribution is 2.31. The minimum atomic E-state index is -0.553. The number of anilines is 1. The zero-order valence-electron chi connectivity index (χ0n) is 9.55. The van der Waals surface area contributed by atoms with Gasteiger partial charge in [0, 0.05) is 5.69 Å². The molecule has 1 fully saturated rings. The van der Waals surface area contributed by atoms with Crippen molar-refractivity contribution < 1.29 is 5.02 Å². The molecule has 0 unspecified atom stereocenters. The van der Waals surface area contributed by atoms with Gasteiger partial charge in [-0.1, -0.05) is 50.3 Å². The molecule has 0 spiro atoms. The van der Waals surface area contributed by atoms with Crippen molar-refractivity contribution in [2.45, 2.75) is 37.9 Å². The second kappa shape index (κ2) is 5.37. The van der Waals surface area contributed by atoms with E-state index < -0.39 is 7.05 Å². The highest BCUT2D eigenvalue weighted by Gasteiger charge is 2.31. The normalized spacial score (nSPS) is 17.1. The summed E-state index contributed by atoms with van der Waals surface area (Å²) in [5, 5.41) is 10.2. The lowest BCUT2D eigenvalue weighted by Gasteiger charge is -2.30. The molecule has 0 aromatic heterocycles. The molecule has 0 bridgehead atoms. The summed E-state index contributed by atoms with van der Waals surface area (Å²) in [4.78, 5) is 1.50. The Bertz CT molecular complexity index is 314. The van der Waals surface area contributed by atoms with E-state index >= 15 is 0 Å². The quantitative estimate of drug-likeness (QED) is 0.464. The molecule has 4 heteroatoms. The van der Waals surface area contributed by atoms with E-state index in [2.05, 4.69) is 0 Å². The van der Waals surface area contributed by atoms with E-state index in [0.717, 1.165) is 18.5 Å². The number of benzene rings is 1. The average molecular weight is 218 g/mol. The van der Waals surface area contributed by atoms with Gasteiger partial charge in [-0.25, -0.2) is 0 Å². The summed E-state index contributed by atoms with van der Waals surface area (Å²) in [6.07, 6.45) is 5.89. The summed E-state index contributed by atoms with van der Waals surface area (Å²) in [6.45, 7) is 0. The van der Waals surface area contributed by atoms with Crippen LogP contribution >= 0.6 is 0 Å². The number of hydrazine groups is 1. The van der Waals surface area contributed by atoms with E-state index in [1.165, 1.54) is 24.2 Å². The van der Waals surface area contributed by atoms with Crippen molar-refractivity contribution in [3.8, 4) is 0 Å². The van der Waals surface area contributed by atoms with E-state index in [1.807, 2.05) is 30.3 Å². The van der Waals surface area contributed by atoms with Crippen molar-refractivity contribution in [1.82, 2.24) is 0 Å². The summed E-state index contributed by atoms with van der Waals surface area (Å²) >= 11 is 0. The zero-order valence-corrected chi connectivity index (χ0v) is 9.55. The number of hydrogen-bond donors (Lipinski definition) is 2. The van der Waals surface area contributed by atoms with Crippen LogP contribution in [0.1, 0.15) is 32.1 Å². The fourth-order valence-corrected chi connectivity index (χ4v) is 2.41. The number of nitrogens with zero attached hydrogens (tertiary/aromatic N) is 1. The summed E-state index contributed by atoms with van der Waals surface area (Å²) in [5.74, 6) is 6.27. The van der Waals surface area contributed by atoms with Crippen LogP contribution in [0, 0.1) is 0 Å². The molecule has 1 saturated carbocycles. The molecule has 16 heavy (non-hydrogen) atoms. The standard InChI is InChI=1S/C12H19BN2O/c14-15(12-9-5-2-6-10-12)13(16)11-7-3-1-4-8-11/h2,5-6,9-11,16H,1,3-4,7-8,14H2. The monoisotopic (exact) mass is 218 g/mol. The van der Waals surface area contributed by atoms with E-state index in [-0.39, 0.29) is 0 Å². The SMILES string of the molecule is NN(B(O)C1CCCCC1)c1ccccc1. The van der Waals surface area contributed by atoms with Gasteiger partial charge in [-0.05, 0) is 17.9 Å². The second-order valence-electron chi connectivity index (χ2n) is 4.55. The number of hydrogen-bond acceptors (Lipinski definition) is 3. The van der Waals surface area contributed by atoms with Crippen LogP contribution in [0.15, 0.2) is 30.3 Å². The molecule has 0 saturated heterocycles. The third-order valence-electron chi connectivity index (χ3n) is 3.41. The third kappa shape index (κ3) is 2.57. The fraction of sp³-hybridized carbons (Fsp3) is 0.500. The van der Waals surface area contributed by atoms with Crippen LogP contribution in [0.4, 0.5) is 5.69 Å². The minimum absolute atomic E-state index is 0.318. The molecule has 3 nitrogen and oxygen atoms in total. The van der Waals surface area contributed by atoms with Gasteiger partial charge in [0.15, 0.2) is 0 Å². The maximum absolute atomic E-state index is 10.2. The van der Waals surface area contributed by atoms with Crippen molar-refractivity contribution in [1.29, 1.82) is 0 Å². The van der Waals surface area contributed by atoms with Crippen molar-refractivity contribution in [3.63, 3.8) is 0 Å². The first-order valence-corrected chi connectivity index (χ1v) is 6.06. The second-order valence-corrected chi connectivity index (χ2v) is 4.55. The van der Waals surface area contributed by atoms with Gasteiger partial charge in [0.05, 0.1) is 0 Å². The maximum atomic E-state index is 10.2. The molecule has 0 radical (unpaired) electrons. The molecule has 0 atom stereocenters. The Balaban J connectivity index is 2.00. The Kier molecular flexibility index (Phi) is 3.85. The molecule has 0 amide bonds. The van der Waals surface area contributed by atoms with Crippen LogP contribution in [0.2, 0.25) is 5.82 Å². The van der Waals surface area contributed by atoms with Crippen LogP contribution < -0.4 is 10.8 Å². The van der Waals surface area contributed by atoms with Crippen molar-refractivity contribution in [2.24, 2.45) is 5.84 Å². The molecular formula is C12H19BN2O. The molecule has 1 aromatic carbocycles. The third-order valence-corrected chi connectivity index (χ3v) is 3.41. The van der Waals surface area contributed by atoms with Gasteiger partial charge in [-0.15, -0.1) is 0 Å². The summed E-state index contributed by atoms with van der Waals surface area (Å²) in [5.41, 5.74) is 0.876. The van der Waals surface area contributed by atoms with Crippen molar-refractivity contribution >= 4 is 12.7 Å². The topological polar surface area (TPSA) is 49.5 Å². The van der Waals surface area contributed by atoms with Crippen LogP contribution in [0.3, 0.4) is 0 Å². The lowest BCUT2D eigenvalue weighted by atomic mass is 9.60. The predicted molar refractivity (Wildman–Crippen MR) is 67.9 cm³/mol. The highest BCUT2D eigenvalue weighted by atomic mass is 16.2. The van der Waals surface area contributed by atoms with Crippen molar-refractivity contribution in [2.75, 3.05) is 4.92 Å². The minimum Gasteiger partial charge on any atom is -0.431 e. The largest absolute Gasteiger partial charge is 0.431 e. The molecular weight excluding hydrogens is 199 g/mol. The molecule has 3 N–H and O–H groups in total. The number of para-hydroxylation sites is 1. The van der Waals surface area contributed by atoms with E-state index in [4.69, 9.17) is 5.84 Å². The van der Waals surface area contributed by atoms with E-state index in [0.29, 0.717) is 5.82 Å². The summed E-state index contributed by atoms with van der Waals surface area (Å²) in [6, 6.07) is 9.66. The zero-order chi connectivity index (χ0) is 11.4. The summed E-state index contributed by atoms with van der Waals surface area (Å²) < 4.78 is 0. The van der Waals surface area contributed by atoms with Gasteiger partial charge < -0.3 is 9.94 Å². The molecule has 1 aliphatic rings. The van der Waals surface area contributed by atoms with Gasteiger partial charge in [-0.3, -0.25) is 5.84 Å². The van der Waals surface area contributed by atoms with Crippen molar-refractivity contribution in [3.05, 3.63) is 30.3 Å². The molecule has 2 rings (SSSR count). The first kappa shape index (κ1) is 11.5. The van der Waals surface area contributed by atoms with Crippen LogP contribution in [0.25, 0.3) is 0 Å². The highest BCUT2D eigenvalue weighted by molar-refractivity contribution is 6.56. The van der Waals surface area contributed by atoms with Crippen LogP contribution in [0.5, 0.6) is 0 Å². The smallest absolute Gasteiger partial charge is 0.431 e. The molecule has 86 valence electrons. The molecule has 1 aliphatic carbocycles. The lowest BCUT2D eigenvalue weighted by molar-refractivity contribution is 0.444. The summed E-state index contributed by atoms with van der Waals surface area (Å²) in [7, 11) is -0.553. The van der Waals surface area contributed by atoms with Gasteiger partial charge >= 0.3 is 7.05 Å². The van der Waals surface area contributed by atoms with E-state index in [9.17, 15) is 5.02 Å². The fourth-order valence-electron chi connectivity index (χ4n) is 2.41. The first-order chi connectivity index (χ1) is 7.79. The lowest BCUT2D eigenvalue weighted by Crippen LogP contribution is -2.48. The van der Waals surface area contributed by atoms with Gasteiger partial charge in [0.1, 0.15) is 0 Å². The average Bonchev–Trinajstić information content (AvgIpc) is 2.39.